The lowest BCUT2D eigenvalue weighted by Gasteiger charge is -2.19. The number of rotatable bonds is 2. The van der Waals surface area contributed by atoms with Crippen LogP contribution in [-0.4, -0.2) is 23.5 Å². The summed E-state index contributed by atoms with van der Waals surface area (Å²) in [6.07, 6.45) is -1.71. The minimum absolute atomic E-state index is 0.0790. The van der Waals surface area contributed by atoms with Gasteiger partial charge in [0.1, 0.15) is 22.7 Å². The van der Waals surface area contributed by atoms with Gasteiger partial charge in [0.15, 0.2) is 0 Å². The fraction of sp³-hybridized carbons (Fsp3) is 0.500. The average molecular weight is 309 g/mol. The largest absolute Gasteiger partial charge is 0.514 e. The molecule has 0 atom stereocenters. The summed E-state index contributed by atoms with van der Waals surface area (Å²) in [5.41, 5.74) is -1.32. The highest BCUT2D eigenvalue weighted by atomic mass is 16.7. The van der Waals surface area contributed by atoms with Gasteiger partial charge in [0.25, 0.3) is 0 Å². The Bertz CT molecular complexity index is 491. The molecule has 0 aromatic heterocycles. The number of hydrogen-bond donors (Lipinski definition) is 0. The molecule has 0 bridgehead atoms. The van der Waals surface area contributed by atoms with Crippen LogP contribution >= 0.6 is 0 Å². The van der Waals surface area contributed by atoms with Crippen molar-refractivity contribution in [2.75, 3.05) is 0 Å². The summed E-state index contributed by atoms with van der Waals surface area (Å²) in [4.78, 5) is 23.1. The molecule has 0 fully saturated rings. The molecular formula is C16H21O6. The van der Waals surface area contributed by atoms with Gasteiger partial charge >= 0.3 is 12.3 Å². The van der Waals surface area contributed by atoms with Gasteiger partial charge in [-0.1, -0.05) is 0 Å². The van der Waals surface area contributed by atoms with Crippen molar-refractivity contribution >= 4 is 12.3 Å². The Morgan fingerprint density at radius 2 is 1.41 bits per heavy atom. The van der Waals surface area contributed by atoms with Crippen molar-refractivity contribution in [1.82, 2.24) is 0 Å². The van der Waals surface area contributed by atoms with Crippen LogP contribution < -0.4 is 9.47 Å². The van der Waals surface area contributed by atoms with Crippen molar-refractivity contribution in [1.29, 1.82) is 0 Å². The first-order valence-electron chi connectivity index (χ1n) is 6.78. The zero-order valence-corrected chi connectivity index (χ0v) is 13.7. The Labute approximate surface area is 130 Å². The van der Waals surface area contributed by atoms with Crippen LogP contribution in [0.15, 0.2) is 18.2 Å². The van der Waals surface area contributed by atoms with Crippen LogP contribution in [0.3, 0.4) is 0 Å². The molecule has 0 N–H and O–H groups in total. The van der Waals surface area contributed by atoms with Gasteiger partial charge in [0.05, 0.1) is 0 Å². The lowest BCUT2D eigenvalue weighted by molar-refractivity contribution is 0.0204. The first-order valence-corrected chi connectivity index (χ1v) is 6.78. The van der Waals surface area contributed by atoms with E-state index in [9.17, 15) is 9.59 Å². The molecule has 22 heavy (non-hydrogen) atoms. The standard InChI is InChI=1S/C16H21O6/c1-15(2,3)21-13(17)19-11-8-7-9-12(10-11)20-14(18)22-16(4,5)6/h7-8,10H,1-6H3. The average Bonchev–Trinajstić information content (AvgIpc) is 2.22. The molecule has 6 nitrogen and oxygen atoms in total. The van der Waals surface area contributed by atoms with Crippen LogP contribution in [0.4, 0.5) is 9.59 Å². The lowest BCUT2D eigenvalue weighted by Crippen LogP contribution is -2.26. The van der Waals surface area contributed by atoms with Gasteiger partial charge in [-0.15, -0.1) is 0 Å². The number of carbonyl (C=O) groups excluding carboxylic acids is 2. The zero-order chi connectivity index (χ0) is 17.0. The molecule has 0 aliphatic carbocycles. The van der Waals surface area contributed by atoms with E-state index in [0.29, 0.717) is 0 Å². The minimum atomic E-state index is -0.863. The van der Waals surface area contributed by atoms with Gasteiger partial charge in [-0.05, 0) is 53.7 Å². The Kier molecular flexibility index (Phi) is 5.41. The summed E-state index contributed by atoms with van der Waals surface area (Å²) in [6.45, 7) is 10.3. The van der Waals surface area contributed by atoms with Crippen molar-refractivity contribution in [2.24, 2.45) is 0 Å². The summed E-state index contributed by atoms with van der Waals surface area (Å²) in [7, 11) is 0. The van der Waals surface area contributed by atoms with E-state index in [2.05, 4.69) is 6.07 Å². The second kappa shape index (κ2) is 6.68. The van der Waals surface area contributed by atoms with E-state index in [4.69, 9.17) is 18.9 Å². The molecule has 0 saturated carbocycles. The van der Waals surface area contributed by atoms with Gasteiger partial charge in [0.2, 0.25) is 0 Å². The molecule has 121 valence electrons. The van der Waals surface area contributed by atoms with Gasteiger partial charge in [-0.2, -0.15) is 0 Å². The van der Waals surface area contributed by atoms with Crippen LogP contribution in [0.25, 0.3) is 0 Å². The van der Waals surface area contributed by atoms with Crippen LogP contribution in [0.1, 0.15) is 41.5 Å². The van der Waals surface area contributed by atoms with Crippen molar-refractivity contribution in [3.8, 4) is 11.5 Å². The molecule has 0 unspecified atom stereocenters. The second-order valence-electron chi connectivity index (χ2n) is 6.52. The highest BCUT2D eigenvalue weighted by molar-refractivity contribution is 5.66. The van der Waals surface area contributed by atoms with Crippen molar-refractivity contribution in [3.05, 3.63) is 24.3 Å². The Morgan fingerprint density at radius 3 is 1.91 bits per heavy atom. The quantitative estimate of drug-likeness (QED) is 0.604. The summed E-state index contributed by atoms with van der Waals surface area (Å²) < 4.78 is 20.0. The molecule has 0 aliphatic heterocycles. The maximum Gasteiger partial charge on any atom is 0.514 e. The van der Waals surface area contributed by atoms with E-state index >= 15 is 0 Å². The Balaban J connectivity index is 2.66. The second-order valence-corrected chi connectivity index (χ2v) is 6.52. The predicted molar refractivity (Wildman–Crippen MR) is 79.0 cm³/mol. The van der Waals surface area contributed by atoms with Crippen molar-refractivity contribution in [3.63, 3.8) is 0 Å². The van der Waals surface area contributed by atoms with Gasteiger partial charge in [0, 0.05) is 12.1 Å². The van der Waals surface area contributed by atoms with Crippen LogP contribution in [0.5, 0.6) is 11.5 Å². The SMILES string of the molecule is CC(C)(C)OC(=O)Oc1[c]ccc(OC(=O)OC(C)(C)C)c1. The number of carbonyl (C=O) groups is 2. The molecule has 6 heteroatoms. The van der Waals surface area contributed by atoms with E-state index in [1.54, 1.807) is 41.5 Å². The van der Waals surface area contributed by atoms with E-state index in [0.717, 1.165) is 0 Å². The molecule has 1 aromatic carbocycles. The fourth-order valence-corrected chi connectivity index (χ4v) is 1.27. The zero-order valence-electron chi connectivity index (χ0n) is 13.7. The highest BCUT2D eigenvalue weighted by Crippen LogP contribution is 2.21. The maximum atomic E-state index is 11.6. The minimum Gasteiger partial charge on any atom is -0.428 e. The van der Waals surface area contributed by atoms with E-state index in [1.807, 2.05) is 0 Å². The van der Waals surface area contributed by atoms with Gasteiger partial charge in [-0.25, -0.2) is 9.59 Å². The third kappa shape index (κ3) is 7.52. The molecule has 1 radical (unpaired) electrons. The van der Waals surface area contributed by atoms with Gasteiger partial charge in [-0.3, -0.25) is 0 Å². The normalized spacial score (nSPS) is 11.5. The fourth-order valence-electron chi connectivity index (χ4n) is 1.27. The molecule has 1 aromatic rings. The number of hydrogen-bond acceptors (Lipinski definition) is 6. The first kappa shape index (κ1) is 17.8. The molecule has 0 spiro atoms. The molecule has 0 saturated heterocycles. The molecule has 0 aliphatic rings. The van der Waals surface area contributed by atoms with E-state index in [-0.39, 0.29) is 11.5 Å². The first-order chi connectivity index (χ1) is 9.94. The summed E-state index contributed by atoms with van der Waals surface area (Å²) in [6, 6.07) is 6.98. The Morgan fingerprint density at radius 1 is 0.909 bits per heavy atom. The number of benzene rings is 1. The highest BCUT2D eigenvalue weighted by Gasteiger charge is 2.20. The molecular weight excluding hydrogens is 288 g/mol. The van der Waals surface area contributed by atoms with E-state index in [1.165, 1.54) is 18.2 Å². The van der Waals surface area contributed by atoms with Gasteiger partial charge < -0.3 is 18.9 Å². The molecule has 0 heterocycles. The van der Waals surface area contributed by atoms with Crippen molar-refractivity contribution < 1.29 is 28.5 Å². The Hall–Kier alpha value is -2.24. The third-order valence-electron chi connectivity index (χ3n) is 1.92. The van der Waals surface area contributed by atoms with Crippen LogP contribution in [0, 0.1) is 6.07 Å². The molecule has 0 amide bonds. The monoisotopic (exact) mass is 309 g/mol. The van der Waals surface area contributed by atoms with Crippen LogP contribution in [0.2, 0.25) is 0 Å². The smallest absolute Gasteiger partial charge is 0.428 e. The maximum absolute atomic E-state index is 11.6. The van der Waals surface area contributed by atoms with Crippen LogP contribution in [-0.2, 0) is 9.47 Å². The van der Waals surface area contributed by atoms with E-state index < -0.39 is 23.5 Å². The predicted octanol–water partition coefficient (Wildman–Crippen LogP) is 4.11. The third-order valence-corrected chi connectivity index (χ3v) is 1.92. The van der Waals surface area contributed by atoms with Crippen molar-refractivity contribution in [2.45, 2.75) is 52.7 Å². The summed E-state index contributed by atoms with van der Waals surface area (Å²) in [5.74, 6) is 0.252. The summed E-state index contributed by atoms with van der Waals surface area (Å²) in [5, 5.41) is 0. The lowest BCUT2D eigenvalue weighted by atomic mass is 10.2. The topological polar surface area (TPSA) is 71.1 Å². The summed E-state index contributed by atoms with van der Waals surface area (Å²) >= 11 is 0. The number of ether oxygens (including phenoxy) is 4. The molecule has 1 rings (SSSR count).